The first-order valence-electron chi connectivity index (χ1n) is 5.43. The Morgan fingerprint density at radius 3 is 3.07 bits per heavy atom. The third kappa shape index (κ3) is 2.14. The lowest BCUT2D eigenvalue weighted by molar-refractivity contribution is -0.154. The van der Waals surface area contributed by atoms with Gasteiger partial charge in [-0.2, -0.15) is 0 Å². The smallest absolute Gasteiger partial charge is 0.248 e. The molecule has 5 heteroatoms. The molecule has 2 atom stereocenters. The van der Waals surface area contributed by atoms with Gasteiger partial charge in [-0.25, -0.2) is 0 Å². The minimum atomic E-state index is -0.396. The summed E-state index contributed by atoms with van der Waals surface area (Å²) in [4.78, 5) is 15.5. The van der Waals surface area contributed by atoms with Crippen molar-refractivity contribution in [3.8, 4) is 0 Å². The standard InChI is InChI=1S/C10H18N2O3/c1-11-3-2-9-8(6-11)12(4-5-15-9)10(14)7-13/h8-9,13H,2-7H2,1H3. The Balaban J connectivity index is 2.07. The van der Waals surface area contributed by atoms with Gasteiger partial charge in [0.05, 0.1) is 18.8 Å². The molecule has 2 aliphatic rings. The maximum atomic E-state index is 11.5. The van der Waals surface area contributed by atoms with E-state index in [2.05, 4.69) is 4.90 Å². The van der Waals surface area contributed by atoms with Crippen molar-refractivity contribution in [1.82, 2.24) is 9.80 Å². The number of hydrogen-bond acceptors (Lipinski definition) is 4. The molecule has 2 unspecified atom stereocenters. The van der Waals surface area contributed by atoms with Crippen LogP contribution in [0.2, 0.25) is 0 Å². The number of aliphatic hydroxyl groups is 1. The van der Waals surface area contributed by atoms with Gasteiger partial charge < -0.3 is 19.6 Å². The summed E-state index contributed by atoms with van der Waals surface area (Å²) in [6, 6.07) is 0.122. The molecule has 86 valence electrons. The second-order valence-electron chi connectivity index (χ2n) is 4.27. The van der Waals surface area contributed by atoms with Crippen LogP contribution < -0.4 is 0 Å². The number of carbonyl (C=O) groups excluding carboxylic acids is 1. The van der Waals surface area contributed by atoms with Crippen LogP contribution in [0.1, 0.15) is 6.42 Å². The Hall–Kier alpha value is -0.650. The average molecular weight is 214 g/mol. The van der Waals surface area contributed by atoms with Crippen molar-refractivity contribution < 1.29 is 14.6 Å². The van der Waals surface area contributed by atoms with E-state index >= 15 is 0 Å². The molecule has 0 radical (unpaired) electrons. The van der Waals surface area contributed by atoms with Crippen LogP contribution in [0.3, 0.4) is 0 Å². The fourth-order valence-corrected chi connectivity index (χ4v) is 2.43. The van der Waals surface area contributed by atoms with Crippen LogP contribution in [0.25, 0.3) is 0 Å². The van der Waals surface area contributed by atoms with E-state index in [1.165, 1.54) is 0 Å². The molecule has 5 nitrogen and oxygen atoms in total. The van der Waals surface area contributed by atoms with Crippen LogP contribution >= 0.6 is 0 Å². The number of ether oxygens (including phenoxy) is 1. The van der Waals surface area contributed by atoms with E-state index < -0.39 is 6.61 Å². The Morgan fingerprint density at radius 2 is 2.33 bits per heavy atom. The van der Waals surface area contributed by atoms with Gasteiger partial charge in [-0.15, -0.1) is 0 Å². The van der Waals surface area contributed by atoms with Crippen molar-refractivity contribution in [3.05, 3.63) is 0 Å². The second-order valence-corrected chi connectivity index (χ2v) is 4.27. The SMILES string of the molecule is CN1CCC2OCCN(C(=O)CO)C2C1. The summed E-state index contributed by atoms with van der Waals surface area (Å²) in [5, 5.41) is 8.90. The predicted molar refractivity (Wildman–Crippen MR) is 54.4 cm³/mol. The fraction of sp³-hybridized carbons (Fsp3) is 0.900. The molecular formula is C10H18N2O3. The van der Waals surface area contributed by atoms with Gasteiger partial charge in [0.2, 0.25) is 5.91 Å². The number of piperidine rings is 1. The molecule has 1 amide bonds. The van der Waals surface area contributed by atoms with E-state index in [-0.39, 0.29) is 18.1 Å². The number of likely N-dealkylation sites (tertiary alicyclic amines) is 1. The summed E-state index contributed by atoms with van der Waals surface area (Å²) in [5.41, 5.74) is 0. The van der Waals surface area contributed by atoms with Crippen LogP contribution in [0.5, 0.6) is 0 Å². The van der Waals surface area contributed by atoms with Gasteiger partial charge in [0.15, 0.2) is 0 Å². The first-order valence-corrected chi connectivity index (χ1v) is 5.43. The molecule has 2 rings (SSSR count). The van der Waals surface area contributed by atoms with Crippen molar-refractivity contribution in [2.45, 2.75) is 18.6 Å². The summed E-state index contributed by atoms with van der Waals surface area (Å²) >= 11 is 0. The zero-order valence-corrected chi connectivity index (χ0v) is 9.06. The van der Waals surface area contributed by atoms with Crippen LogP contribution in [0.4, 0.5) is 0 Å². The number of rotatable bonds is 1. The van der Waals surface area contributed by atoms with Crippen molar-refractivity contribution in [2.24, 2.45) is 0 Å². The first-order chi connectivity index (χ1) is 7.22. The molecule has 0 aromatic rings. The number of morpholine rings is 1. The molecule has 15 heavy (non-hydrogen) atoms. The lowest BCUT2D eigenvalue weighted by Gasteiger charge is -2.46. The second kappa shape index (κ2) is 4.47. The minimum Gasteiger partial charge on any atom is -0.387 e. The highest BCUT2D eigenvalue weighted by Crippen LogP contribution is 2.22. The van der Waals surface area contributed by atoms with Gasteiger partial charge >= 0.3 is 0 Å². The van der Waals surface area contributed by atoms with Gasteiger partial charge in [-0.3, -0.25) is 4.79 Å². The quantitative estimate of drug-likeness (QED) is 0.602. The van der Waals surface area contributed by atoms with Crippen molar-refractivity contribution in [2.75, 3.05) is 39.9 Å². The van der Waals surface area contributed by atoms with Crippen LogP contribution in [-0.2, 0) is 9.53 Å². The third-order valence-electron chi connectivity index (χ3n) is 3.24. The van der Waals surface area contributed by atoms with Gasteiger partial charge in [-0.05, 0) is 13.5 Å². The Labute approximate surface area is 89.6 Å². The molecule has 0 bridgehead atoms. The molecule has 0 spiro atoms. The van der Waals surface area contributed by atoms with Crippen LogP contribution in [0, 0.1) is 0 Å². The minimum absolute atomic E-state index is 0.122. The number of aliphatic hydroxyl groups excluding tert-OH is 1. The van der Waals surface area contributed by atoms with Gasteiger partial charge in [0.1, 0.15) is 6.61 Å². The molecule has 0 saturated carbocycles. The summed E-state index contributed by atoms with van der Waals surface area (Å²) in [5.74, 6) is -0.177. The Kier molecular flexibility index (Phi) is 3.23. The zero-order valence-electron chi connectivity index (χ0n) is 9.06. The molecule has 0 aromatic carbocycles. The Morgan fingerprint density at radius 1 is 1.53 bits per heavy atom. The lowest BCUT2D eigenvalue weighted by Crippen LogP contribution is -2.61. The summed E-state index contributed by atoms with van der Waals surface area (Å²) in [7, 11) is 2.05. The highest BCUT2D eigenvalue weighted by atomic mass is 16.5. The van der Waals surface area contributed by atoms with E-state index in [1.54, 1.807) is 4.90 Å². The molecule has 2 saturated heterocycles. The van der Waals surface area contributed by atoms with E-state index in [4.69, 9.17) is 9.84 Å². The maximum absolute atomic E-state index is 11.5. The van der Waals surface area contributed by atoms with E-state index in [0.29, 0.717) is 13.2 Å². The fourth-order valence-electron chi connectivity index (χ4n) is 2.43. The molecule has 0 aliphatic carbocycles. The van der Waals surface area contributed by atoms with Crippen molar-refractivity contribution >= 4 is 5.91 Å². The number of fused-ring (bicyclic) bond motifs is 1. The monoisotopic (exact) mass is 214 g/mol. The molecule has 0 aromatic heterocycles. The third-order valence-corrected chi connectivity index (χ3v) is 3.24. The van der Waals surface area contributed by atoms with Gasteiger partial charge in [0.25, 0.3) is 0 Å². The molecule has 2 heterocycles. The summed E-state index contributed by atoms with van der Waals surface area (Å²) in [6.45, 7) is 2.66. The zero-order chi connectivity index (χ0) is 10.8. The van der Waals surface area contributed by atoms with Crippen LogP contribution in [0.15, 0.2) is 0 Å². The number of amides is 1. The van der Waals surface area contributed by atoms with Crippen molar-refractivity contribution in [1.29, 1.82) is 0 Å². The molecule has 2 aliphatic heterocycles. The highest BCUT2D eigenvalue weighted by molar-refractivity contribution is 5.77. The highest BCUT2D eigenvalue weighted by Gasteiger charge is 2.37. The number of nitrogens with zero attached hydrogens (tertiary/aromatic N) is 2. The predicted octanol–water partition coefficient (Wildman–Crippen LogP) is -1.09. The molecular weight excluding hydrogens is 196 g/mol. The van der Waals surface area contributed by atoms with Crippen molar-refractivity contribution in [3.63, 3.8) is 0 Å². The largest absolute Gasteiger partial charge is 0.387 e. The van der Waals surface area contributed by atoms with E-state index in [1.807, 2.05) is 7.05 Å². The van der Waals surface area contributed by atoms with E-state index in [0.717, 1.165) is 19.5 Å². The summed E-state index contributed by atoms with van der Waals surface area (Å²) < 4.78 is 5.65. The van der Waals surface area contributed by atoms with Gasteiger partial charge in [-0.1, -0.05) is 0 Å². The maximum Gasteiger partial charge on any atom is 0.248 e. The average Bonchev–Trinajstić information content (AvgIpc) is 2.27. The number of carbonyl (C=O) groups is 1. The van der Waals surface area contributed by atoms with Gasteiger partial charge in [0, 0.05) is 19.6 Å². The van der Waals surface area contributed by atoms with Crippen LogP contribution in [-0.4, -0.2) is 72.9 Å². The normalized spacial score (nSPS) is 32.5. The number of hydrogen-bond donors (Lipinski definition) is 1. The lowest BCUT2D eigenvalue weighted by atomic mass is 9.99. The topological polar surface area (TPSA) is 53.0 Å². The number of likely N-dealkylation sites (N-methyl/N-ethyl adjacent to an activating group) is 1. The first kappa shape index (κ1) is 10.9. The van der Waals surface area contributed by atoms with E-state index in [9.17, 15) is 4.79 Å². The Bertz CT molecular complexity index is 247. The molecule has 2 fully saturated rings. The molecule has 1 N–H and O–H groups in total. The summed E-state index contributed by atoms with van der Waals surface area (Å²) in [6.07, 6.45) is 1.13.